The summed E-state index contributed by atoms with van der Waals surface area (Å²) < 4.78 is 0. The van der Waals surface area contributed by atoms with Crippen LogP contribution in [0.5, 0.6) is 0 Å². The van der Waals surface area contributed by atoms with Crippen molar-refractivity contribution in [2.75, 3.05) is 0 Å². The summed E-state index contributed by atoms with van der Waals surface area (Å²) in [5.74, 6) is 0.626. The molecule has 0 aliphatic heterocycles. The van der Waals surface area contributed by atoms with E-state index in [9.17, 15) is 15.3 Å². The second kappa shape index (κ2) is 5.80. The van der Waals surface area contributed by atoms with Crippen molar-refractivity contribution in [2.45, 2.75) is 81.9 Å². The molecule has 3 N–H and O–H groups in total. The van der Waals surface area contributed by atoms with E-state index in [1.165, 1.54) is 0 Å². The molecule has 0 bridgehead atoms. The molecule has 0 aromatic carbocycles. The summed E-state index contributed by atoms with van der Waals surface area (Å²) in [6.07, 6.45) is 3.76. The van der Waals surface area contributed by atoms with Crippen LogP contribution in [0.4, 0.5) is 0 Å². The van der Waals surface area contributed by atoms with Crippen molar-refractivity contribution in [3.8, 4) is 0 Å². The van der Waals surface area contributed by atoms with Gasteiger partial charge >= 0.3 is 0 Å². The van der Waals surface area contributed by atoms with Crippen LogP contribution in [0.2, 0.25) is 0 Å². The largest absolute Gasteiger partial charge is 0.392 e. The summed E-state index contributed by atoms with van der Waals surface area (Å²) >= 11 is 3.64. The Labute approximate surface area is 154 Å². The molecule has 24 heavy (non-hydrogen) atoms. The van der Waals surface area contributed by atoms with E-state index in [-0.39, 0.29) is 22.1 Å². The molecular weight excluding hydrogens is 368 g/mol. The first kappa shape index (κ1) is 18.9. The van der Waals surface area contributed by atoms with Crippen LogP contribution in [0, 0.1) is 29.1 Å². The molecule has 8 atom stereocenters. The molecule has 0 radical (unpaired) electrons. The van der Waals surface area contributed by atoms with E-state index in [0.29, 0.717) is 11.8 Å². The Bertz CT molecular complexity index is 525. The van der Waals surface area contributed by atoms with Gasteiger partial charge in [-0.2, -0.15) is 0 Å². The molecule has 138 valence electrons. The zero-order chi connectivity index (χ0) is 18.1. The highest BCUT2D eigenvalue weighted by Gasteiger charge is 2.63. The summed E-state index contributed by atoms with van der Waals surface area (Å²) in [6, 6.07) is 0. The lowest BCUT2D eigenvalue weighted by Gasteiger charge is -2.43. The van der Waals surface area contributed by atoms with Crippen molar-refractivity contribution in [2.24, 2.45) is 29.1 Å². The topological polar surface area (TPSA) is 60.7 Å². The lowest BCUT2D eigenvalue weighted by molar-refractivity contribution is -0.0423. The first-order valence-electron chi connectivity index (χ1n) is 9.35. The molecule has 0 heterocycles. The molecule has 3 saturated carbocycles. The zero-order valence-corrected chi connectivity index (χ0v) is 17.0. The minimum Gasteiger partial charge on any atom is -0.392 e. The molecule has 0 spiro atoms. The van der Waals surface area contributed by atoms with Crippen molar-refractivity contribution in [1.29, 1.82) is 0 Å². The molecule has 0 aromatic rings. The molecular formula is C20H33BrO3. The standard InChI is InChI=1S/C20H33BrO3/c1-11(12-6-8-19(4,23)14(21)10-12)15-17(22)16-13(18(15,2)3)7-9-20(16,5)24/h12-17,22-24H,1,6-10H2,2-5H3/t12-,13+,14-,15-,16-,17-,19+,20+/m0/s1. The Hall–Kier alpha value is 0.100. The Morgan fingerprint density at radius 3 is 2.17 bits per heavy atom. The predicted molar refractivity (Wildman–Crippen MR) is 99.9 cm³/mol. The summed E-state index contributed by atoms with van der Waals surface area (Å²) in [4.78, 5) is 0.0600. The van der Waals surface area contributed by atoms with Crippen LogP contribution >= 0.6 is 15.9 Å². The maximum Gasteiger partial charge on any atom is 0.0744 e. The third kappa shape index (κ3) is 2.72. The van der Waals surface area contributed by atoms with Crippen LogP contribution in [-0.2, 0) is 0 Å². The molecule has 0 unspecified atom stereocenters. The third-order valence-electron chi connectivity index (χ3n) is 7.67. The van der Waals surface area contributed by atoms with E-state index in [0.717, 1.165) is 37.7 Å². The van der Waals surface area contributed by atoms with Gasteiger partial charge < -0.3 is 15.3 Å². The van der Waals surface area contributed by atoms with Crippen LogP contribution in [0.25, 0.3) is 0 Å². The molecule has 3 aliphatic carbocycles. The fourth-order valence-corrected chi connectivity index (χ4v) is 6.76. The Morgan fingerprint density at radius 2 is 1.62 bits per heavy atom. The average molecular weight is 401 g/mol. The van der Waals surface area contributed by atoms with Gasteiger partial charge in [-0.1, -0.05) is 41.9 Å². The van der Waals surface area contributed by atoms with Crippen molar-refractivity contribution >= 4 is 15.9 Å². The number of hydrogen-bond donors (Lipinski definition) is 3. The molecule has 4 heteroatoms. The van der Waals surface area contributed by atoms with Gasteiger partial charge in [-0.15, -0.1) is 0 Å². The molecule has 3 aliphatic rings. The summed E-state index contributed by atoms with van der Waals surface area (Å²) in [5.41, 5.74) is -0.368. The van der Waals surface area contributed by atoms with Gasteiger partial charge in [-0.25, -0.2) is 0 Å². The van der Waals surface area contributed by atoms with E-state index in [4.69, 9.17) is 0 Å². The summed E-state index contributed by atoms with van der Waals surface area (Å²) in [7, 11) is 0. The lowest BCUT2D eigenvalue weighted by atomic mass is 9.66. The van der Waals surface area contributed by atoms with Crippen LogP contribution in [0.15, 0.2) is 12.2 Å². The molecule has 3 fully saturated rings. The second-order valence-corrected chi connectivity index (χ2v) is 10.8. The fourth-order valence-electron chi connectivity index (χ4n) is 6.08. The van der Waals surface area contributed by atoms with Gasteiger partial charge in [-0.3, -0.25) is 0 Å². The molecule has 0 saturated heterocycles. The number of hydrogen-bond acceptors (Lipinski definition) is 3. The number of halogens is 1. The maximum atomic E-state index is 11.1. The molecule has 3 rings (SSSR count). The quantitative estimate of drug-likeness (QED) is 0.489. The summed E-state index contributed by atoms with van der Waals surface area (Å²) in [5, 5.41) is 32.3. The van der Waals surface area contributed by atoms with Gasteiger partial charge in [0.15, 0.2) is 0 Å². The molecule has 0 amide bonds. The first-order valence-corrected chi connectivity index (χ1v) is 10.3. The van der Waals surface area contributed by atoms with Crippen molar-refractivity contribution in [3.05, 3.63) is 12.2 Å². The minimum absolute atomic E-state index is 0.0204. The number of aliphatic hydroxyl groups is 3. The number of alkyl halides is 1. The highest BCUT2D eigenvalue weighted by Crippen LogP contribution is 2.63. The Kier molecular flexibility index (Phi) is 4.56. The first-order chi connectivity index (χ1) is 10.9. The lowest BCUT2D eigenvalue weighted by Crippen LogP contribution is -2.43. The zero-order valence-electron chi connectivity index (χ0n) is 15.4. The van der Waals surface area contributed by atoms with Gasteiger partial charge in [0.05, 0.1) is 17.3 Å². The number of fused-ring (bicyclic) bond motifs is 1. The highest BCUT2D eigenvalue weighted by molar-refractivity contribution is 9.09. The third-order valence-corrected chi connectivity index (χ3v) is 9.03. The van der Waals surface area contributed by atoms with Gasteiger partial charge in [0.1, 0.15) is 0 Å². The number of aliphatic hydroxyl groups excluding tert-OH is 1. The van der Waals surface area contributed by atoms with Crippen molar-refractivity contribution < 1.29 is 15.3 Å². The maximum absolute atomic E-state index is 11.1. The van der Waals surface area contributed by atoms with E-state index in [1.807, 2.05) is 13.8 Å². The Morgan fingerprint density at radius 1 is 1.04 bits per heavy atom. The number of rotatable bonds is 2. The van der Waals surface area contributed by atoms with E-state index in [2.05, 4.69) is 36.4 Å². The van der Waals surface area contributed by atoms with Crippen molar-refractivity contribution in [3.63, 3.8) is 0 Å². The van der Waals surface area contributed by atoms with Gasteiger partial charge in [-0.05, 0) is 63.2 Å². The fraction of sp³-hybridized carbons (Fsp3) is 0.900. The summed E-state index contributed by atoms with van der Waals surface area (Å²) in [6.45, 7) is 12.7. The van der Waals surface area contributed by atoms with Gasteiger partial charge in [0.2, 0.25) is 0 Å². The smallest absolute Gasteiger partial charge is 0.0744 e. The molecule has 0 aromatic heterocycles. The monoisotopic (exact) mass is 400 g/mol. The van der Waals surface area contributed by atoms with Crippen LogP contribution in [0.1, 0.15) is 59.8 Å². The Balaban J connectivity index is 1.83. The highest BCUT2D eigenvalue weighted by atomic mass is 79.9. The average Bonchev–Trinajstić information content (AvgIpc) is 2.87. The van der Waals surface area contributed by atoms with Crippen LogP contribution in [-0.4, -0.2) is 37.5 Å². The second-order valence-electron chi connectivity index (χ2n) is 9.69. The van der Waals surface area contributed by atoms with Gasteiger partial charge in [0, 0.05) is 16.7 Å². The normalized spacial score (nSPS) is 53.8. The van der Waals surface area contributed by atoms with E-state index >= 15 is 0 Å². The van der Waals surface area contributed by atoms with Crippen LogP contribution < -0.4 is 0 Å². The SMILES string of the molecule is C=C([C@H]1CC[C@@](C)(O)[C@@H](Br)C1)[C@H]1[C@H](O)[C@@H]2[C@@H](CC[C@@]2(C)O)C1(C)C. The van der Waals surface area contributed by atoms with Crippen LogP contribution in [0.3, 0.4) is 0 Å². The predicted octanol–water partition coefficient (Wildman–Crippen LogP) is 3.65. The van der Waals surface area contributed by atoms with Crippen molar-refractivity contribution in [1.82, 2.24) is 0 Å². The minimum atomic E-state index is -0.773. The van der Waals surface area contributed by atoms with E-state index < -0.39 is 17.3 Å². The van der Waals surface area contributed by atoms with Gasteiger partial charge in [0.25, 0.3) is 0 Å². The van der Waals surface area contributed by atoms with E-state index in [1.54, 1.807) is 0 Å². The molecule has 3 nitrogen and oxygen atoms in total.